The Kier molecular flexibility index (Phi) is 3.21. The average molecular weight is 344 g/mol. The zero-order valence-corrected chi connectivity index (χ0v) is 15.2. The number of ketones is 1. The Bertz CT molecular complexity index is 822. The van der Waals surface area contributed by atoms with Crippen molar-refractivity contribution in [2.24, 2.45) is 34.5 Å². The van der Waals surface area contributed by atoms with Gasteiger partial charge in [-0.2, -0.15) is 10.5 Å². The molecule has 3 heteroatoms. The highest BCUT2D eigenvalue weighted by atomic mass is 16.1. The number of hydrogen-bond donors (Lipinski definition) is 0. The number of Topliss-reactive ketones (excluding diaryl/α,β-unsaturated/α-hetero) is 1. The van der Waals surface area contributed by atoms with Gasteiger partial charge in [-0.3, -0.25) is 4.79 Å². The summed E-state index contributed by atoms with van der Waals surface area (Å²) in [5, 5.41) is 19.7. The van der Waals surface area contributed by atoms with Crippen LogP contribution >= 0.6 is 0 Å². The molecule has 1 aromatic carbocycles. The van der Waals surface area contributed by atoms with Crippen LogP contribution in [0.5, 0.6) is 0 Å². The summed E-state index contributed by atoms with van der Waals surface area (Å²) >= 11 is 0. The van der Waals surface area contributed by atoms with E-state index < -0.39 is 11.3 Å². The van der Waals surface area contributed by atoms with E-state index in [1.165, 1.54) is 19.3 Å². The molecule has 0 amide bonds. The van der Waals surface area contributed by atoms with Crippen LogP contribution in [0.1, 0.15) is 55.6 Å². The topological polar surface area (TPSA) is 64.7 Å². The molecule has 6 rings (SSSR count). The number of aryl methyl sites for hydroxylation is 1. The lowest BCUT2D eigenvalue weighted by Crippen LogP contribution is -2.50. The monoisotopic (exact) mass is 344 g/mol. The van der Waals surface area contributed by atoms with Gasteiger partial charge in [0.25, 0.3) is 0 Å². The summed E-state index contributed by atoms with van der Waals surface area (Å²) in [6.45, 7) is 2.01. The molecule has 26 heavy (non-hydrogen) atoms. The summed E-state index contributed by atoms with van der Waals surface area (Å²) in [5.74, 6) is 1.64. The van der Waals surface area contributed by atoms with Gasteiger partial charge >= 0.3 is 0 Å². The largest absolute Gasteiger partial charge is 0.299 e. The van der Waals surface area contributed by atoms with Gasteiger partial charge in [-0.15, -0.1) is 0 Å². The van der Waals surface area contributed by atoms with E-state index in [9.17, 15) is 15.3 Å². The third-order valence-corrected chi connectivity index (χ3v) is 7.94. The quantitative estimate of drug-likeness (QED) is 0.809. The van der Waals surface area contributed by atoms with Crippen molar-refractivity contribution < 1.29 is 4.79 Å². The van der Waals surface area contributed by atoms with Crippen molar-refractivity contribution >= 4 is 5.78 Å². The van der Waals surface area contributed by atoms with Crippen molar-refractivity contribution in [3.63, 3.8) is 0 Å². The number of nitrogens with zero attached hydrogens (tertiary/aromatic N) is 2. The number of hydrogen-bond acceptors (Lipinski definition) is 3. The van der Waals surface area contributed by atoms with Crippen LogP contribution in [0, 0.1) is 64.1 Å². The zero-order valence-electron chi connectivity index (χ0n) is 15.2. The number of benzene rings is 1. The maximum atomic E-state index is 13.8. The molecule has 0 radical (unpaired) electrons. The molecule has 0 saturated heterocycles. The van der Waals surface area contributed by atoms with Crippen LogP contribution in [0.4, 0.5) is 0 Å². The van der Waals surface area contributed by atoms with Gasteiger partial charge in [0.05, 0.1) is 18.1 Å². The van der Waals surface area contributed by atoms with E-state index in [0.717, 1.165) is 30.4 Å². The second-order valence-corrected chi connectivity index (χ2v) is 9.47. The second-order valence-electron chi connectivity index (χ2n) is 9.47. The SMILES string of the molecule is Cc1ccccc1[C@H]1[C@@H](C(=O)C23CC4CC(CC(C4)C2)C3)C1(C#N)C#N. The predicted molar refractivity (Wildman–Crippen MR) is 96.7 cm³/mol. The highest BCUT2D eigenvalue weighted by Gasteiger charge is 2.73. The van der Waals surface area contributed by atoms with Gasteiger partial charge in [-0.05, 0) is 74.3 Å². The lowest BCUT2D eigenvalue weighted by molar-refractivity contribution is -0.145. The van der Waals surface area contributed by atoms with Gasteiger partial charge in [-0.1, -0.05) is 24.3 Å². The molecule has 4 bridgehead atoms. The molecule has 5 saturated carbocycles. The molecule has 0 aliphatic heterocycles. The predicted octanol–water partition coefficient (Wildman–Crippen LogP) is 4.53. The van der Waals surface area contributed by atoms with Gasteiger partial charge < -0.3 is 0 Å². The van der Waals surface area contributed by atoms with Crippen LogP contribution in [-0.4, -0.2) is 5.78 Å². The molecule has 0 unspecified atom stereocenters. The standard InChI is InChI=1S/C23H24N2O/c1-14-4-2-3-5-18(14)19-20(23(19,12-24)13-25)21(26)22-9-15-6-16(10-22)8-17(7-15)11-22/h2-5,15-17,19-20H,6-11H2,1H3/t15?,16?,17?,19-,20-,22?/m0/s1. The van der Waals surface area contributed by atoms with Crippen LogP contribution in [0.15, 0.2) is 24.3 Å². The minimum Gasteiger partial charge on any atom is -0.299 e. The van der Waals surface area contributed by atoms with Crippen molar-refractivity contribution in [3.05, 3.63) is 35.4 Å². The van der Waals surface area contributed by atoms with Gasteiger partial charge in [0.15, 0.2) is 5.41 Å². The molecule has 3 nitrogen and oxygen atoms in total. The number of carbonyl (C=O) groups excluding carboxylic acids is 1. The molecular formula is C23H24N2O. The number of rotatable bonds is 3. The average Bonchev–Trinajstić information content (AvgIpc) is 3.29. The molecule has 132 valence electrons. The van der Waals surface area contributed by atoms with Gasteiger partial charge in [-0.25, -0.2) is 0 Å². The van der Waals surface area contributed by atoms with E-state index in [0.29, 0.717) is 17.8 Å². The third kappa shape index (κ3) is 1.95. The first kappa shape index (κ1) is 16.1. The van der Waals surface area contributed by atoms with Gasteiger partial charge in [0.1, 0.15) is 5.78 Å². The Hall–Kier alpha value is -2.13. The van der Waals surface area contributed by atoms with Crippen LogP contribution < -0.4 is 0 Å². The van der Waals surface area contributed by atoms with E-state index in [1.807, 2.05) is 31.2 Å². The van der Waals surface area contributed by atoms with Crippen molar-refractivity contribution in [3.8, 4) is 12.1 Å². The molecule has 0 N–H and O–H groups in total. The molecule has 2 atom stereocenters. The van der Waals surface area contributed by atoms with Crippen molar-refractivity contribution in [1.29, 1.82) is 10.5 Å². The normalized spacial score (nSPS) is 41.3. The lowest BCUT2D eigenvalue weighted by Gasteiger charge is -2.56. The molecule has 0 spiro atoms. The Morgan fingerprint density at radius 3 is 2.04 bits per heavy atom. The Morgan fingerprint density at radius 1 is 1.00 bits per heavy atom. The fourth-order valence-electron chi connectivity index (χ4n) is 7.15. The van der Waals surface area contributed by atoms with Crippen molar-refractivity contribution in [1.82, 2.24) is 0 Å². The summed E-state index contributed by atoms with van der Waals surface area (Å²) < 4.78 is 0. The minimum atomic E-state index is -1.16. The maximum Gasteiger partial charge on any atom is 0.161 e. The van der Waals surface area contributed by atoms with Crippen LogP contribution in [0.25, 0.3) is 0 Å². The molecule has 5 aliphatic carbocycles. The third-order valence-electron chi connectivity index (χ3n) is 7.94. The van der Waals surface area contributed by atoms with Crippen molar-refractivity contribution in [2.75, 3.05) is 0 Å². The molecular weight excluding hydrogens is 320 g/mol. The Morgan fingerprint density at radius 2 is 1.54 bits per heavy atom. The van der Waals surface area contributed by atoms with Crippen molar-refractivity contribution in [2.45, 2.75) is 51.4 Å². The smallest absolute Gasteiger partial charge is 0.161 e. The summed E-state index contributed by atoms with van der Waals surface area (Å²) in [6, 6.07) is 12.4. The van der Waals surface area contributed by atoms with Gasteiger partial charge in [0, 0.05) is 11.3 Å². The Balaban J connectivity index is 1.53. The summed E-state index contributed by atoms with van der Waals surface area (Å²) in [4.78, 5) is 13.8. The lowest BCUT2D eigenvalue weighted by atomic mass is 9.48. The highest BCUT2D eigenvalue weighted by molar-refractivity contribution is 5.94. The molecule has 0 aromatic heterocycles. The minimum absolute atomic E-state index is 0.240. The Labute approximate surface area is 155 Å². The van der Waals surface area contributed by atoms with E-state index >= 15 is 0 Å². The first-order valence-corrected chi connectivity index (χ1v) is 9.95. The number of carbonyl (C=O) groups is 1. The summed E-state index contributed by atoms with van der Waals surface area (Å²) in [7, 11) is 0. The zero-order chi connectivity index (χ0) is 18.1. The molecule has 0 heterocycles. The van der Waals surface area contributed by atoms with Crippen LogP contribution in [0.3, 0.4) is 0 Å². The second kappa shape index (κ2) is 5.20. The first-order chi connectivity index (χ1) is 12.5. The van der Waals surface area contributed by atoms with E-state index in [-0.39, 0.29) is 17.1 Å². The van der Waals surface area contributed by atoms with E-state index in [1.54, 1.807) is 0 Å². The molecule has 5 fully saturated rings. The van der Waals surface area contributed by atoms with Gasteiger partial charge in [0.2, 0.25) is 0 Å². The van der Waals surface area contributed by atoms with Crippen LogP contribution in [0.2, 0.25) is 0 Å². The first-order valence-electron chi connectivity index (χ1n) is 9.95. The summed E-state index contributed by atoms with van der Waals surface area (Å²) in [5.41, 5.74) is 0.689. The maximum absolute atomic E-state index is 13.8. The number of nitriles is 2. The van der Waals surface area contributed by atoms with E-state index in [4.69, 9.17) is 0 Å². The summed E-state index contributed by atoms with van der Waals surface area (Å²) in [6.07, 6.45) is 6.88. The van der Waals surface area contributed by atoms with E-state index in [2.05, 4.69) is 12.1 Å². The molecule has 1 aromatic rings. The molecule has 5 aliphatic rings. The fourth-order valence-corrected chi connectivity index (χ4v) is 7.15. The highest BCUT2D eigenvalue weighted by Crippen LogP contribution is 2.70. The fraction of sp³-hybridized carbons (Fsp3) is 0.609. The van der Waals surface area contributed by atoms with Crippen LogP contribution in [-0.2, 0) is 4.79 Å².